The molecular weight excluding hydrogens is 411 g/mol. The SMILES string of the molecule is Cc1ncc(C[n+]2csc(CCO)c2C)c(=O)[nH]1.F[P-](F)(F)(F)(F)F.O. The van der Waals surface area contributed by atoms with Gasteiger partial charge in [-0.3, -0.25) is 4.79 Å². The third kappa shape index (κ3) is 10.4. The number of aliphatic hydroxyl groups excluding tert-OH is 1. The number of thiazole rings is 1. The van der Waals surface area contributed by atoms with Crippen LogP contribution in [-0.4, -0.2) is 27.2 Å². The summed E-state index contributed by atoms with van der Waals surface area (Å²) in [6.45, 7) is 4.41. The zero-order valence-corrected chi connectivity index (χ0v) is 15.4. The minimum atomic E-state index is -10.7. The third-order valence-electron chi connectivity index (χ3n) is 2.84. The minimum absolute atomic E-state index is 0. The number of nitrogens with zero attached hydrogens (tertiary/aromatic N) is 2. The zero-order valence-electron chi connectivity index (χ0n) is 13.6. The molecule has 0 saturated carbocycles. The number of rotatable bonds is 4. The average Bonchev–Trinajstić information content (AvgIpc) is 2.72. The van der Waals surface area contributed by atoms with Crippen LogP contribution in [0.3, 0.4) is 0 Å². The molecule has 0 aromatic carbocycles. The Hall–Kier alpha value is -1.56. The fourth-order valence-corrected chi connectivity index (χ4v) is 2.74. The number of H-pyrrole nitrogens is 1. The van der Waals surface area contributed by atoms with Crippen molar-refractivity contribution in [3.63, 3.8) is 0 Å². The van der Waals surface area contributed by atoms with Crippen molar-refractivity contribution in [3.8, 4) is 0 Å². The molecule has 0 unspecified atom stereocenters. The monoisotopic (exact) mass is 429 g/mol. The van der Waals surface area contributed by atoms with E-state index in [4.69, 9.17) is 5.11 Å². The first-order valence-corrected chi connectivity index (χ1v) is 9.66. The van der Waals surface area contributed by atoms with E-state index in [1.165, 1.54) is 0 Å². The van der Waals surface area contributed by atoms with Crippen LogP contribution in [0, 0.1) is 13.8 Å². The van der Waals surface area contributed by atoms with Crippen molar-refractivity contribution in [1.82, 2.24) is 9.97 Å². The Kier molecular flexibility index (Phi) is 7.13. The molecule has 2 rings (SSSR count). The summed E-state index contributed by atoms with van der Waals surface area (Å²) in [5.74, 6) is 0.622. The molecular formula is C12H18F6N3O3PS. The molecule has 0 saturated heterocycles. The van der Waals surface area contributed by atoms with Gasteiger partial charge in [0.05, 0.1) is 4.88 Å². The van der Waals surface area contributed by atoms with E-state index in [1.54, 1.807) is 24.5 Å². The number of aliphatic hydroxyl groups is 1. The van der Waals surface area contributed by atoms with Crippen LogP contribution >= 0.6 is 19.1 Å². The molecule has 6 nitrogen and oxygen atoms in total. The standard InChI is InChI=1S/C12H15N3O2S.F6P.H2O/c1-8-11(3-4-16)18-7-15(8)6-10-5-13-9(2)14-12(10)17;1-7(2,3,4,5)6;/h5,7,16H,3-4,6H2,1-2H3;;1H2/q;-1;/p+1. The van der Waals surface area contributed by atoms with E-state index in [1.807, 2.05) is 17.0 Å². The first-order valence-electron chi connectivity index (χ1n) is 6.75. The van der Waals surface area contributed by atoms with Gasteiger partial charge in [0.2, 0.25) is 5.51 Å². The van der Waals surface area contributed by atoms with E-state index in [2.05, 4.69) is 9.97 Å². The Morgan fingerprint density at radius 2 is 1.77 bits per heavy atom. The van der Waals surface area contributed by atoms with Crippen LogP contribution < -0.4 is 10.1 Å². The number of aromatic nitrogens is 3. The number of nitrogens with one attached hydrogen (secondary N) is 1. The van der Waals surface area contributed by atoms with E-state index in [9.17, 15) is 30.0 Å². The van der Waals surface area contributed by atoms with Gasteiger partial charge in [-0.1, -0.05) is 11.3 Å². The van der Waals surface area contributed by atoms with Crippen LogP contribution in [0.4, 0.5) is 25.2 Å². The Morgan fingerprint density at radius 1 is 1.23 bits per heavy atom. The Balaban J connectivity index is 0.000000673. The summed E-state index contributed by atoms with van der Waals surface area (Å²) in [6.07, 6.45) is 2.27. The molecule has 26 heavy (non-hydrogen) atoms. The smallest absolute Gasteiger partial charge is 0.412 e. The number of aromatic amines is 1. The summed E-state index contributed by atoms with van der Waals surface area (Å²) in [7, 11) is -10.7. The summed E-state index contributed by atoms with van der Waals surface area (Å²) < 4.78 is 61.2. The van der Waals surface area contributed by atoms with Gasteiger partial charge < -0.3 is 15.6 Å². The van der Waals surface area contributed by atoms with E-state index in [0.717, 1.165) is 10.6 Å². The molecule has 0 aliphatic carbocycles. The maximum Gasteiger partial charge on any atom is -0.412 e. The van der Waals surface area contributed by atoms with Crippen LogP contribution in [-0.2, 0) is 13.0 Å². The maximum atomic E-state index is 11.7. The molecule has 0 aliphatic heterocycles. The molecule has 0 bridgehead atoms. The van der Waals surface area contributed by atoms with E-state index >= 15 is 0 Å². The topological polar surface area (TPSA) is 101 Å². The summed E-state index contributed by atoms with van der Waals surface area (Å²) in [4.78, 5) is 19.7. The molecule has 0 fully saturated rings. The zero-order chi connectivity index (χ0) is 19.5. The van der Waals surface area contributed by atoms with Gasteiger partial charge in [0.15, 0.2) is 12.2 Å². The van der Waals surface area contributed by atoms with Gasteiger partial charge in [0.1, 0.15) is 11.4 Å². The number of hydrogen-bond acceptors (Lipinski definition) is 4. The van der Waals surface area contributed by atoms with Gasteiger partial charge in [-0.2, -0.15) is 4.57 Å². The summed E-state index contributed by atoms with van der Waals surface area (Å²) in [5.41, 5.74) is 3.61. The Labute approximate surface area is 147 Å². The molecule has 2 aromatic rings. The molecule has 0 aliphatic rings. The first-order chi connectivity index (χ1) is 11.1. The maximum absolute atomic E-state index is 11.7. The van der Waals surface area contributed by atoms with Crippen LogP contribution in [0.25, 0.3) is 0 Å². The van der Waals surface area contributed by atoms with Gasteiger partial charge in [-0.25, -0.2) is 4.98 Å². The molecule has 4 N–H and O–H groups in total. The van der Waals surface area contributed by atoms with Gasteiger partial charge >= 0.3 is 33.0 Å². The third-order valence-corrected chi connectivity index (χ3v) is 3.98. The van der Waals surface area contributed by atoms with Crippen LogP contribution in [0.1, 0.15) is 22.0 Å². The van der Waals surface area contributed by atoms with Crippen LogP contribution in [0.5, 0.6) is 0 Å². The van der Waals surface area contributed by atoms with Gasteiger partial charge in [0.25, 0.3) is 5.56 Å². The van der Waals surface area contributed by atoms with E-state index in [0.29, 0.717) is 24.4 Å². The van der Waals surface area contributed by atoms with Gasteiger partial charge in [0, 0.05) is 26.1 Å². The second-order valence-corrected chi connectivity index (χ2v) is 7.97. The normalized spacial score (nSPS) is 13.7. The second-order valence-electron chi connectivity index (χ2n) is 5.11. The average molecular weight is 429 g/mol. The molecule has 14 heteroatoms. The molecule has 0 atom stereocenters. The van der Waals surface area contributed by atoms with Crippen molar-refractivity contribution < 1.29 is 40.3 Å². The fourth-order valence-electron chi connectivity index (χ4n) is 1.76. The van der Waals surface area contributed by atoms with Crippen LogP contribution in [0.2, 0.25) is 0 Å². The minimum Gasteiger partial charge on any atom is -0.412 e. The summed E-state index contributed by atoms with van der Waals surface area (Å²) in [5, 5.41) is 8.95. The summed E-state index contributed by atoms with van der Waals surface area (Å²) in [6, 6.07) is 0. The van der Waals surface area contributed by atoms with Crippen molar-refractivity contribution in [2.75, 3.05) is 6.61 Å². The molecule has 0 spiro atoms. The fraction of sp³-hybridized carbons (Fsp3) is 0.417. The second kappa shape index (κ2) is 7.59. The predicted octanol–water partition coefficient (Wildman–Crippen LogP) is 2.88. The Bertz CT molecular complexity index is 795. The number of hydrogen-bond donors (Lipinski definition) is 2. The number of halogens is 6. The molecule has 2 heterocycles. The van der Waals surface area contributed by atoms with Crippen molar-refractivity contribution in [2.24, 2.45) is 0 Å². The van der Waals surface area contributed by atoms with Gasteiger partial charge in [-0.15, -0.1) is 0 Å². The molecule has 0 amide bonds. The van der Waals surface area contributed by atoms with Crippen molar-refractivity contribution >= 4 is 19.1 Å². The van der Waals surface area contributed by atoms with Crippen LogP contribution in [0.15, 0.2) is 16.5 Å². The van der Waals surface area contributed by atoms with Gasteiger partial charge in [-0.05, 0) is 6.92 Å². The largest absolute Gasteiger partial charge is 0.412 e. The van der Waals surface area contributed by atoms with Crippen molar-refractivity contribution in [2.45, 2.75) is 26.8 Å². The molecule has 2 aromatic heterocycles. The quantitative estimate of drug-likeness (QED) is 0.444. The summed E-state index contributed by atoms with van der Waals surface area (Å²) >= 11 is 1.60. The number of aryl methyl sites for hydroxylation is 1. The van der Waals surface area contributed by atoms with E-state index in [-0.39, 0.29) is 17.6 Å². The Morgan fingerprint density at radius 3 is 2.23 bits per heavy atom. The van der Waals surface area contributed by atoms with E-state index < -0.39 is 7.81 Å². The molecule has 152 valence electrons. The predicted molar refractivity (Wildman–Crippen MR) is 85.9 cm³/mol. The van der Waals surface area contributed by atoms with Crippen molar-refractivity contribution in [3.05, 3.63) is 44.0 Å². The first kappa shape index (κ1) is 24.4. The van der Waals surface area contributed by atoms with Crippen molar-refractivity contribution in [1.29, 1.82) is 0 Å². The molecule has 0 radical (unpaired) electrons.